The summed E-state index contributed by atoms with van der Waals surface area (Å²) >= 11 is 0. The minimum absolute atomic E-state index is 0.184. The molecule has 1 aliphatic rings. The van der Waals surface area contributed by atoms with Crippen LogP contribution >= 0.6 is 0 Å². The number of nitrogens with two attached hydrogens (primary N) is 1. The van der Waals surface area contributed by atoms with Crippen LogP contribution in [0.2, 0.25) is 0 Å². The molecule has 10 heteroatoms. The van der Waals surface area contributed by atoms with Gasteiger partial charge in [-0.2, -0.15) is 5.10 Å². The molecule has 0 saturated carbocycles. The molecule has 0 spiro atoms. The predicted octanol–water partition coefficient (Wildman–Crippen LogP) is 3.77. The number of aromatic nitrogens is 4. The Kier molecular flexibility index (Phi) is 8.91. The molecule has 0 radical (unpaired) electrons. The number of rotatable bonds is 10. The fourth-order valence-corrected chi connectivity index (χ4v) is 5.25. The van der Waals surface area contributed by atoms with Gasteiger partial charge in [0.1, 0.15) is 23.6 Å². The second-order valence-corrected chi connectivity index (χ2v) is 10.6. The Bertz CT molecular complexity index is 1510. The van der Waals surface area contributed by atoms with E-state index in [2.05, 4.69) is 51.3 Å². The highest BCUT2D eigenvalue weighted by Gasteiger charge is 2.26. The van der Waals surface area contributed by atoms with E-state index in [1.807, 2.05) is 41.1 Å². The van der Waals surface area contributed by atoms with Crippen molar-refractivity contribution in [2.75, 3.05) is 53.1 Å². The molecule has 0 aliphatic carbocycles. The van der Waals surface area contributed by atoms with Crippen molar-refractivity contribution in [1.29, 1.82) is 0 Å². The van der Waals surface area contributed by atoms with Crippen molar-refractivity contribution in [3.05, 3.63) is 78.1 Å². The molecule has 2 aromatic heterocycles. The first-order valence-electron chi connectivity index (χ1n) is 14.0. The number of piperidine rings is 1. The largest absolute Gasteiger partial charge is 0.496 e. The fraction of sp³-hybridized carbons (Fsp3) is 0.355. The number of carbonyl (C=O) groups is 1. The van der Waals surface area contributed by atoms with Crippen LogP contribution in [0.25, 0.3) is 22.3 Å². The zero-order chi connectivity index (χ0) is 28.8. The maximum Gasteiger partial charge on any atom is 0.255 e. The van der Waals surface area contributed by atoms with Crippen molar-refractivity contribution < 1.29 is 9.53 Å². The fourth-order valence-electron chi connectivity index (χ4n) is 5.25. The highest BCUT2D eigenvalue weighted by Crippen LogP contribution is 2.33. The first-order chi connectivity index (χ1) is 19.9. The third-order valence-corrected chi connectivity index (χ3v) is 7.38. The van der Waals surface area contributed by atoms with E-state index in [1.165, 1.54) is 6.33 Å². The van der Waals surface area contributed by atoms with Crippen molar-refractivity contribution in [1.82, 2.24) is 34.9 Å². The number of nitrogens with one attached hydrogen (secondary N) is 1. The highest BCUT2D eigenvalue weighted by atomic mass is 16.5. The standard InChI is InChI=1S/C31H38N8O2/c1-37(2)16-6-7-17-38-18-8-9-24(20-38)39-30-27(29(32)34-21-35-30)28(36-39)23-14-12-22(13-15-23)19-33-31(40)25-10-4-5-11-26(25)41-3/h4-7,10-15,21,24H,8-9,16-20H2,1-3H3,(H,33,40)(H2,32,34,35)/b7-6+/t24-/m1/s1. The van der Waals surface area contributed by atoms with Gasteiger partial charge in [0.25, 0.3) is 5.91 Å². The molecule has 1 amide bonds. The molecule has 0 unspecified atom stereocenters. The van der Waals surface area contributed by atoms with Crippen molar-refractivity contribution in [3.8, 4) is 17.0 Å². The molecule has 1 atom stereocenters. The van der Waals surface area contributed by atoms with E-state index in [0.717, 1.165) is 66.9 Å². The van der Waals surface area contributed by atoms with E-state index < -0.39 is 0 Å². The Morgan fingerprint density at radius 3 is 2.73 bits per heavy atom. The number of methoxy groups -OCH3 is 1. The van der Waals surface area contributed by atoms with E-state index in [1.54, 1.807) is 19.2 Å². The van der Waals surface area contributed by atoms with Gasteiger partial charge in [-0.05, 0) is 51.2 Å². The minimum atomic E-state index is -0.184. The minimum Gasteiger partial charge on any atom is -0.496 e. The van der Waals surface area contributed by atoms with Crippen molar-refractivity contribution >= 4 is 22.8 Å². The number of hydrogen-bond acceptors (Lipinski definition) is 8. The van der Waals surface area contributed by atoms with Gasteiger partial charge in [-0.1, -0.05) is 48.6 Å². The van der Waals surface area contributed by atoms with E-state index in [4.69, 9.17) is 15.6 Å². The number of hydrogen-bond donors (Lipinski definition) is 2. The molecule has 2 aromatic carbocycles. The Balaban J connectivity index is 1.33. The van der Waals surface area contributed by atoms with E-state index in [0.29, 0.717) is 23.7 Å². The number of anilines is 1. The average Bonchev–Trinajstić information content (AvgIpc) is 3.39. The number of benzene rings is 2. The molecule has 0 bridgehead atoms. The second-order valence-electron chi connectivity index (χ2n) is 10.6. The lowest BCUT2D eigenvalue weighted by Crippen LogP contribution is -2.37. The number of ether oxygens (including phenoxy) is 1. The van der Waals surface area contributed by atoms with Gasteiger partial charge < -0.3 is 20.7 Å². The molecule has 214 valence electrons. The van der Waals surface area contributed by atoms with Gasteiger partial charge in [-0.15, -0.1) is 0 Å². The third-order valence-electron chi connectivity index (χ3n) is 7.38. The molecule has 41 heavy (non-hydrogen) atoms. The lowest BCUT2D eigenvalue weighted by Gasteiger charge is -2.32. The maximum absolute atomic E-state index is 12.7. The van der Waals surface area contributed by atoms with E-state index >= 15 is 0 Å². The lowest BCUT2D eigenvalue weighted by molar-refractivity contribution is 0.0948. The monoisotopic (exact) mass is 554 g/mol. The Labute approximate surface area is 240 Å². The normalized spacial score (nSPS) is 16.0. The molecule has 3 N–H and O–H groups in total. The maximum atomic E-state index is 12.7. The molecular formula is C31H38N8O2. The number of likely N-dealkylation sites (N-methyl/N-ethyl adjacent to an activating group) is 1. The number of fused-ring (bicyclic) bond motifs is 1. The van der Waals surface area contributed by atoms with Crippen LogP contribution < -0.4 is 15.8 Å². The summed E-state index contributed by atoms with van der Waals surface area (Å²) in [6.45, 7) is 4.22. The van der Waals surface area contributed by atoms with Crippen molar-refractivity contribution in [2.45, 2.75) is 25.4 Å². The molecule has 1 aliphatic heterocycles. The Morgan fingerprint density at radius 2 is 1.95 bits per heavy atom. The topological polar surface area (TPSA) is 114 Å². The Morgan fingerprint density at radius 1 is 1.15 bits per heavy atom. The number of nitrogen functional groups attached to an aromatic ring is 1. The van der Waals surface area contributed by atoms with Gasteiger partial charge in [0.15, 0.2) is 5.65 Å². The quantitative estimate of drug-likeness (QED) is 0.285. The molecule has 1 fully saturated rings. The van der Waals surface area contributed by atoms with Gasteiger partial charge in [0.2, 0.25) is 0 Å². The van der Waals surface area contributed by atoms with Crippen LogP contribution in [0, 0.1) is 0 Å². The van der Waals surface area contributed by atoms with Crippen LogP contribution in [0.15, 0.2) is 67.0 Å². The van der Waals surface area contributed by atoms with E-state index in [-0.39, 0.29) is 11.9 Å². The van der Waals surface area contributed by atoms with Gasteiger partial charge >= 0.3 is 0 Å². The zero-order valence-corrected chi connectivity index (χ0v) is 24.0. The first kappa shape index (κ1) is 28.3. The van der Waals surface area contributed by atoms with Crippen molar-refractivity contribution in [3.63, 3.8) is 0 Å². The molecule has 4 aromatic rings. The first-order valence-corrected chi connectivity index (χ1v) is 14.0. The number of nitrogens with zero attached hydrogens (tertiary/aromatic N) is 6. The van der Waals surface area contributed by atoms with Crippen LogP contribution in [0.3, 0.4) is 0 Å². The summed E-state index contributed by atoms with van der Waals surface area (Å²) in [6, 6.07) is 15.4. The number of likely N-dealkylation sites (tertiary alicyclic amines) is 1. The summed E-state index contributed by atoms with van der Waals surface area (Å²) in [4.78, 5) is 26.2. The number of amides is 1. The molecule has 3 heterocycles. The van der Waals surface area contributed by atoms with Crippen LogP contribution in [-0.2, 0) is 6.54 Å². The predicted molar refractivity (Wildman–Crippen MR) is 162 cm³/mol. The lowest BCUT2D eigenvalue weighted by atomic mass is 10.1. The smallest absolute Gasteiger partial charge is 0.255 e. The summed E-state index contributed by atoms with van der Waals surface area (Å²) < 4.78 is 7.35. The molecule has 1 saturated heterocycles. The van der Waals surface area contributed by atoms with Crippen LogP contribution in [0.1, 0.15) is 34.8 Å². The van der Waals surface area contributed by atoms with Gasteiger partial charge in [-0.3, -0.25) is 9.69 Å². The van der Waals surface area contributed by atoms with Crippen LogP contribution in [-0.4, -0.2) is 82.8 Å². The molecule has 10 nitrogen and oxygen atoms in total. The van der Waals surface area contributed by atoms with E-state index in [9.17, 15) is 4.79 Å². The van der Waals surface area contributed by atoms with Gasteiger partial charge in [0, 0.05) is 31.7 Å². The Hall–Kier alpha value is -4.28. The SMILES string of the molecule is COc1ccccc1C(=O)NCc1ccc(-c2nn([C@@H]3CCCN(C/C=C/CN(C)C)C3)c3ncnc(N)c23)cc1. The molecular weight excluding hydrogens is 516 g/mol. The highest BCUT2D eigenvalue weighted by molar-refractivity contribution is 5.98. The van der Waals surface area contributed by atoms with Crippen LogP contribution in [0.4, 0.5) is 5.82 Å². The second kappa shape index (κ2) is 12.9. The summed E-state index contributed by atoms with van der Waals surface area (Å²) in [7, 11) is 5.71. The van der Waals surface area contributed by atoms with Gasteiger partial charge in [-0.25, -0.2) is 14.6 Å². The third kappa shape index (κ3) is 6.55. The van der Waals surface area contributed by atoms with Gasteiger partial charge in [0.05, 0.1) is 24.1 Å². The number of para-hydroxylation sites is 1. The summed E-state index contributed by atoms with van der Waals surface area (Å²) in [6.07, 6.45) is 8.10. The average molecular weight is 555 g/mol. The van der Waals surface area contributed by atoms with Crippen molar-refractivity contribution in [2.24, 2.45) is 0 Å². The van der Waals surface area contributed by atoms with Crippen LogP contribution in [0.5, 0.6) is 5.75 Å². The molecule has 5 rings (SSSR count). The summed E-state index contributed by atoms with van der Waals surface area (Å²) in [5.74, 6) is 0.782. The summed E-state index contributed by atoms with van der Waals surface area (Å²) in [5, 5.41) is 8.80. The summed E-state index contributed by atoms with van der Waals surface area (Å²) in [5.41, 5.74) is 10.3. The zero-order valence-electron chi connectivity index (χ0n) is 24.0. The number of carbonyl (C=O) groups excluding carboxylic acids is 1.